The van der Waals surface area contributed by atoms with E-state index in [4.69, 9.17) is 0 Å². The van der Waals surface area contributed by atoms with Gasteiger partial charge in [0.15, 0.2) is 0 Å². The summed E-state index contributed by atoms with van der Waals surface area (Å²) in [6.45, 7) is 23.8. The molecular weight excluding hydrogens is 785 g/mol. The highest BCUT2D eigenvalue weighted by molar-refractivity contribution is 5.73. The topological polar surface area (TPSA) is 34.1 Å². The minimum Gasteiger partial charge on any atom is -0.327 e. The zero-order chi connectivity index (χ0) is 47.0. The lowest BCUT2D eigenvalue weighted by atomic mass is 9.88. The summed E-state index contributed by atoms with van der Waals surface area (Å²) in [5.41, 5.74) is 10.4. The predicted octanol–water partition coefficient (Wildman–Crippen LogP) is 12.2. The lowest BCUT2D eigenvalue weighted by Crippen LogP contribution is -2.70. The minimum absolute atomic E-state index is 0.127. The Morgan fingerprint density at radius 2 is 0.672 bits per heavy atom. The number of hydrogen-bond acceptors (Lipinski definition) is 2. The van der Waals surface area contributed by atoms with Gasteiger partial charge in [-0.3, -0.25) is 0 Å². The second-order valence-electron chi connectivity index (χ2n) is 22.7. The van der Waals surface area contributed by atoms with Gasteiger partial charge in [0, 0.05) is 22.3 Å². The normalized spacial score (nSPS) is 21.1. The first-order chi connectivity index (χ1) is 30.1. The van der Waals surface area contributed by atoms with Crippen molar-refractivity contribution in [1.82, 2.24) is 0 Å². The number of amides is 2. The van der Waals surface area contributed by atoms with Crippen LogP contribution in [0.15, 0.2) is 97.1 Å². The average molecular weight is 873 g/mol. The van der Waals surface area contributed by atoms with E-state index in [1.807, 2.05) is 0 Å². The zero-order valence-electron chi connectivity index (χ0n) is 42.8. The lowest BCUT2D eigenvalue weighted by molar-refractivity contribution is -0.977. The predicted molar refractivity (Wildman–Crippen MR) is 268 cm³/mol. The summed E-state index contributed by atoms with van der Waals surface area (Å²) in [4.78, 5) is 30.6. The Morgan fingerprint density at radius 1 is 0.422 bits per heavy atom. The summed E-state index contributed by atoms with van der Waals surface area (Å²) in [6, 6.07) is 36.3. The van der Waals surface area contributed by atoms with Gasteiger partial charge >= 0.3 is 11.8 Å². The van der Waals surface area contributed by atoms with Crippen molar-refractivity contribution in [2.75, 3.05) is 68.5 Å². The molecule has 6 unspecified atom stereocenters. The van der Waals surface area contributed by atoms with Crippen LogP contribution in [0.2, 0.25) is 0 Å². The van der Waals surface area contributed by atoms with Crippen molar-refractivity contribution in [2.24, 2.45) is 11.8 Å². The minimum atomic E-state index is -0.127. The van der Waals surface area contributed by atoms with Gasteiger partial charge in [-0.1, -0.05) is 139 Å². The first-order valence-corrected chi connectivity index (χ1v) is 24.8. The fourth-order valence-electron chi connectivity index (χ4n) is 10.4. The number of hydrogen-bond donors (Lipinski definition) is 0. The van der Waals surface area contributed by atoms with E-state index in [2.05, 4.69) is 195 Å². The molecule has 4 aromatic carbocycles. The molecule has 1 aliphatic heterocycles. The van der Waals surface area contributed by atoms with Crippen LogP contribution < -0.4 is 0 Å². The first kappa shape index (κ1) is 51.1. The second kappa shape index (κ2) is 21.6. The number of rotatable bonds is 20. The fraction of sp³-hybridized carbons (Fsp3) is 0.552. The summed E-state index contributed by atoms with van der Waals surface area (Å²) < 4.78 is 2.56. The third-order valence-electron chi connectivity index (χ3n) is 14.8. The van der Waals surface area contributed by atoms with Crippen LogP contribution in [0.4, 0.5) is 0 Å². The Hall–Kier alpha value is -3.94. The standard InChI is InChI=1S/C58H88N4O2/c1-15-43(3)53-25-21-51(22-26-53)41-61(57(63)47(7)37-45(5)55-29-17-49(18-30-55)39-59(9,10)11)33-35-62(36-34-61,42-52-23-27-54(28-24-52)44(4)16-2)58(64)48(8)38-46(6)56-31-19-50(20-32-56)40-60(12,13)14/h17-32,43-48H,15-16,33-42H2,1-14H3/q+4. The number of piperazine rings is 1. The molecule has 0 bridgehead atoms. The Balaban J connectivity index is 1.44. The van der Waals surface area contributed by atoms with Gasteiger partial charge in [0.2, 0.25) is 0 Å². The van der Waals surface area contributed by atoms with Crippen molar-refractivity contribution in [1.29, 1.82) is 0 Å². The molecule has 1 heterocycles. The molecule has 2 amide bonds. The third kappa shape index (κ3) is 13.6. The maximum Gasteiger partial charge on any atom is 0.317 e. The van der Waals surface area contributed by atoms with E-state index in [0.717, 1.165) is 47.7 Å². The van der Waals surface area contributed by atoms with E-state index in [-0.39, 0.29) is 23.7 Å². The summed E-state index contributed by atoms with van der Waals surface area (Å²) in [5.74, 6) is 1.88. The molecule has 348 valence electrons. The van der Waals surface area contributed by atoms with Gasteiger partial charge in [-0.15, -0.1) is 0 Å². The molecule has 1 fully saturated rings. The molecule has 0 spiro atoms. The van der Waals surface area contributed by atoms with Crippen LogP contribution in [0.1, 0.15) is 149 Å². The van der Waals surface area contributed by atoms with Crippen molar-refractivity contribution in [2.45, 2.75) is 131 Å². The van der Waals surface area contributed by atoms with Crippen molar-refractivity contribution >= 4 is 11.8 Å². The summed E-state index contributed by atoms with van der Waals surface area (Å²) in [6.07, 6.45) is 3.79. The van der Waals surface area contributed by atoms with Gasteiger partial charge < -0.3 is 8.97 Å². The van der Waals surface area contributed by atoms with Gasteiger partial charge in [-0.2, -0.15) is 0 Å². The largest absolute Gasteiger partial charge is 0.327 e. The van der Waals surface area contributed by atoms with Gasteiger partial charge in [0.1, 0.15) is 52.4 Å². The highest BCUT2D eigenvalue weighted by Crippen LogP contribution is 2.35. The number of carbonyl (C=O) groups excluding carboxylic acids is 2. The summed E-state index contributed by atoms with van der Waals surface area (Å²) in [5, 5.41) is 0. The molecule has 0 aliphatic carbocycles. The Kier molecular flexibility index (Phi) is 17.2. The molecule has 5 rings (SSSR count). The molecule has 6 atom stereocenters. The number of nitrogens with zero attached hydrogens (tertiary/aromatic N) is 4. The molecule has 6 nitrogen and oxygen atoms in total. The van der Waals surface area contributed by atoms with Crippen LogP contribution in [0.25, 0.3) is 0 Å². The number of benzene rings is 4. The maximum atomic E-state index is 15.3. The number of carbonyl (C=O) groups is 2. The summed E-state index contributed by atoms with van der Waals surface area (Å²) >= 11 is 0. The first-order valence-electron chi connectivity index (χ1n) is 24.8. The third-order valence-corrected chi connectivity index (χ3v) is 14.8. The van der Waals surface area contributed by atoms with Crippen LogP contribution in [0.5, 0.6) is 0 Å². The quantitative estimate of drug-likeness (QED) is 0.0829. The van der Waals surface area contributed by atoms with Gasteiger partial charge in [0.05, 0.1) is 54.1 Å². The van der Waals surface area contributed by atoms with E-state index < -0.39 is 0 Å². The fourth-order valence-corrected chi connectivity index (χ4v) is 10.4. The van der Waals surface area contributed by atoms with Gasteiger partial charge in [-0.05, 0) is 85.5 Å². The van der Waals surface area contributed by atoms with Crippen molar-refractivity contribution in [3.05, 3.63) is 142 Å². The highest BCUT2D eigenvalue weighted by Gasteiger charge is 2.52. The zero-order valence-corrected chi connectivity index (χ0v) is 42.8. The molecule has 0 saturated carbocycles. The van der Waals surface area contributed by atoms with Crippen LogP contribution in [0.3, 0.4) is 0 Å². The van der Waals surface area contributed by atoms with Crippen LogP contribution in [-0.2, 0) is 35.8 Å². The Bertz CT molecular complexity index is 1930. The van der Waals surface area contributed by atoms with Crippen molar-refractivity contribution in [3.8, 4) is 0 Å². The lowest BCUT2D eigenvalue weighted by Gasteiger charge is -2.48. The molecule has 1 aliphatic rings. The smallest absolute Gasteiger partial charge is 0.317 e. The number of quaternary nitrogens is 4. The van der Waals surface area contributed by atoms with E-state index in [9.17, 15) is 0 Å². The van der Waals surface area contributed by atoms with Crippen molar-refractivity contribution < 1.29 is 27.5 Å². The molecule has 64 heavy (non-hydrogen) atoms. The van der Waals surface area contributed by atoms with Crippen LogP contribution in [0, 0.1) is 11.8 Å². The second-order valence-corrected chi connectivity index (χ2v) is 22.7. The Labute approximate surface area is 390 Å². The molecule has 1 saturated heterocycles. The molecular formula is C58H88N4O2+4. The van der Waals surface area contributed by atoms with Crippen molar-refractivity contribution in [3.63, 3.8) is 0 Å². The van der Waals surface area contributed by atoms with Crippen LogP contribution in [-0.4, -0.2) is 98.2 Å². The molecule has 0 radical (unpaired) electrons. The van der Waals surface area contributed by atoms with Gasteiger partial charge in [-0.25, -0.2) is 18.6 Å². The van der Waals surface area contributed by atoms with E-state index >= 15 is 9.59 Å². The SMILES string of the molecule is CCC(C)c1ccc(C[N+]2(C(=O)C(C)CC(C)c3ccc(C[N+](C)(C)C)cc3)CC[N+](Cc3ccc(C(C)CC)cc3)(C(=O)C(C)CC(C)c3ccc(C[N+](C)(C)C)cc3)CC2)cc1. The molecule has 4 aromatic rings. The molecule has 0 aromatic heterocycles. The maximum absolute atomic E-state index is 15.3. The highest BCUT2D eigenvalue weighted by atomic mass is 16.2. The van der Waals surface area contributed by atoms with Gasteiger partial charge in [0.25, 0.3) is 0 Å². The van der Waals surface area contributed by atoms with E-state index in [1.165, 1.54) is 44.5 Å². The van der Waals surface area contributed by atoms with Crippen LogP contribution >= 0.6 is 0 Å². The average Bonchev–Trinajstić information content (AvgIpc) is 3.25. The monoisotopic (exact) mass is 873 g/mol. The Morgan fingerprint density at radius 3 is 0.922 bits per heavy atom. The van der Waals surface area contributed by atoms with E-state index in [0.29, 0.717) is 71.9 Å². The molecule has 6 heteroatoms. The molecule has 0 N–H and O–H groups in total. The van der Waals surface area contributed by atoms with E-state index in [1.54, 1.807) is 0 Å². The summed E-state index contributed by atoms with van der Waals surface area (Å²) in [7, 11) is 13.3.